The maximum Gasteiger partial charge on any atom is 0.573 e. The molecule has 1 aromatic carbocycles. The Morgan fingerprint density at radius 3 is 2.67 bits per heavy atom. The second kappa shape index (κ2) is 6.63. The van der Waals surface area contributed by atoms with Gasteiger partial charge in [-0.2, -0.15) is 0 Å². The highest BCUT2D eigenvalue weighted by atomic mass is 19.4. The number of nitrogens with one attached hydrogen (secondary N) is 1. The van der Waals surface area contributed by atoms with E-state index < -0.39 is 29.2 Å². The Morgan fingerprint density at radius 1 is 1.26 bits per heavy atom. The molecule has 0 aliphatic rings. The molecule has 140 valence electrons. The topological polar surface area (TPSA) is 92.9 Å². The predicted molar refractivity (Wildman–Crippen MR) is 89.6 cm³/mol. The summed E-state index contributed by atoms with van der Waals surface area (Å²) in [6, 6.07) is 8.02. The van der Waals surface area contributed by atoms with Crippen molar-refractivity contribution in [2.24, 2.45) is 0 Å². The van der Waals surface area contributed by atoms with Crippen LogP contribution >= 0.6 is 0 Å². The Balaban J connectivity index is 2.11. The first kappa shape index (κ1) is 18.2. The second-order valence-corrected chi connectivity index (χ2v) is 5.53. The fourth-order valence-electron chi connectivity index (χ4n) is 2.49. The molecule has 0 unspecified atom stereocenters. The van der Waals surface area contributed by atoms with Crippen LogP contribution in [0.5, 0.6) is 5.75 Å². The highest BCUT2D eigenvalue weighted by Crippen LogP contribution is 2.27. The Kier molecular flexibility index (Phi) is 4.48. The highest BCUT2D eigenvalue weighted by molar-refractivity contribution is 5.94. The molecule has 3 rings (SSSR count). The third-order valence-corrected chi connectivity index (χ3v) is 3.59. The van der Waals surface area contributed by atoms with Gasteiger partial charge in [0, 0.05) is 18.0 Å². The van der Waals surface area contributed by atoms with Gasteiger partial charge in [-0.05, 0) is 30.7 Å². The molecular formula is C17H12F3N3O4. The summed E-state index contributed by atoms with van der Waals surface area (Å²) in [5.41, 5.74) is -0.549. The van der Waals surface area contributed by atoms with Crippen LogP contribution in [0.1, 0.15) is 15.9 Å². The number of aromatic nitrogens is 2. The average Bonchev–Trinajstić information content (AvgIpc) is 2.54. The van der Waals surface area contributed by atoms with Gasteiger partial charge in [-0.15, -0.1) is 13.2 Å². The van der Waals surface area contributed by atoms with Crippen molar-refractivity contribution in [3.63, 3.8) is 0 Å². The number of nitrogens with zero attached hydrogens (tertiary/aromatic N) is 2. The van der Waals surface area contributed by atoms with Crippen molar-refractivity contribution in [3.05, 3.63) is 64.1 Å². The molecule has 27 heavy (non-hydrogen) atoms. The summed E-state index contributed by atoms with van der Waals surface area (Å²) in [5.74, 6) is -2.31. The van der Waals surface area contributed by atoms with Crippen LogP contribution < -0.4 is 15.6 Å². The van der Waals surface area contributed by atoms with Gasteiger partial charge in [0.15, 0.2) is 11.4 Å². The minimum absolute atomic E-state index is 0.0732. The first-order chi connectivity index (χ1) is 12.7. The van der Waals surface area contributed by atoms with Gasteiger partial charge in [0.1, 0.15) is 11.4 Å². The summed E-state index contributed by atoms with van der Waals surface area (Å²) < 4.78 is 42.0. The molecule has 2 N–H and O–H groups in total. The van der Waals surface area contributed by atoms with Crippen LogP contribution in [-0.4, -0.2) is 26.8 Å². The van der Waals surface area contributed by atoms with Gasteiger partial charge < -0.3 is 15.2 Å². The molecule has 0 radical (unpaired) electrons. The van der Waals surface area contributed by atoms with Crippen molar-refractivity contribution in [2.45, 2.75) is 13.3 Å². The fraction of sp³-hybridized carbons (Fsp3) is 0.118. The van der Waals surface area contributed by atoms with Crippen LogP contribution in [0.25, 0.3) is 5.65 Å². The SMILES string of the molecule is Cc1cccn2c(=O)c(C(=O)O)c(Nc3cccc(OC(F)(F)F)c3)nc12. The van der Waals surface area contributed by atoms with E-state index in [9.17, 15) is 27.9 Å². The quantitative estimate of drug-likeness (QED) is 0.722. The number of pyridine rings is 1. The van der Waals surface area contributed by atoms with Crippen LogP contribution in [0.3, 0.4) is 0 Å². The van der Waals surface area contributed by atoms with Crippen LogP contribution in [0.15, 0.2) is 47.4 Å². The number of carbonyl (C=O) groups is 1. The van der Waals surface area contributed by atoms with E-state index in [1.165, 1.54) is 18.3 Å². The Labute approximate surface area is 149 Å². The summed E-state index contributed by atoms with van der Waals surface area (Å²) in [7, 11) is 0. The number of anilines is 2. The number of alkyl halides is 3. The Bertz CT molecular complexity index is 1090. The van der Waals surface area contributed by atoms with Gasteiger partial charge in [-0.25, -0.2) is 9.78 Å². The number of ether oxygens (including phenoxy) is 1. The number of hydrogen-bond donors (Lipinski definition) is 2. The van der Waals surface area contributed by atoms with Gasteiger partial charge in [0.05, 0.1) is 0 Å². The highest BCUT2D eigenvalue weighted by Gasteiger charge is 2.31. The fourth-order valence-corrected chi connectivity index (χ4v) is 2.49. The van der Waals surface area contributed by atoms with E-state index in [-0.39, 0.29) is 17.2 Å². The summed E-state index contributed by atoms with van der Waals surface area (Å²) >= 11 is 0. The molecule has 0 saturated carbocycles. The molecule has 0 spiro atoms. The molecule has 0 aliphatic heterocycles. The Hall–Kier alpha value is -3.56. The van der Waals surface area contributed by atoms with Gasteiger partial charge in [0.25, 0.3) is 5.56 Å². The second-order valence-electron chi connectivity index (χ2n) is 5.53. The van der Waals surface area contributed by atoms with Crippen molar-refractivity contribution in [1.29, 1.82) is 0 Å². The van der Waals surface area contributed by atoms with Crippen molar-refractivity contribution in [3.8, 4) is 5.75 Å². The molecule has 7 nitrogen and oxygen atoms in total. The molecule has 0 aliphatic carbocycles. The molecule has 2 aromatic heterocycles. The van der Waals surface area contributed by atoms with Gasteiger partial charge in [-0.3, -0.25) is 9.20 Å². The molecule has 0 fully saturated rings. The average molecular weight is 379 g/mol. The van der Waals surface area contributed by atoms with Crippen LogP contribution in [-0.2, 0) is 0 Å². The number of aryl methyl sites for hydroxylation is 1. The summed E-state index contributed by atoms with van der Waals surface area (Å²) in [6.45, 7) is 1.68. The molecule has 3 aromatic rings. The first-order valence-corrected chi connectivity index (χ1v) is 7.54. The zero-order valence-corrected chi connectivity index (χ0v) is 13.7. The molecule has 0 amide bonds. The number of carboxylic acids is 1. The van der Waals surface area contributed by atoms with Crippen molar-refractivity contribution in [1.82, 2.24) is 9.38 Å². The van der Waals surface area contributed by atoms with Crippen LogP contribution in [0.4, 0.5) is 24.7 Å². The molecule has 10 heteroatoms. The Morgan fingerprint density at radius 2 is 2.00 bits per heavy atom. The zero-order chi connectivity index (χ0) is 19.8. The largest absolute Gasteiger partial charge is 0.573 e. The minimum atomic E-state index is -4.87. The lowest BCUT2D eigenvalue weighted by Crippen LogP contribution is -2.25. The van der Waals surface area contributed by atoms with E-state index in [0.717, 1.165) is 16.5 Å². The molecule has 2 heterocycles. The van der Waals surface area contributed by atoms with E-state index >= 15 is 0 Å². The van der Waals surface area contributed by atoms with Crippen LogP contribution in [0, 0.1) is 6.92 Å². The smallest absolute Gasteiger partial charge is 0.477 e. The first-order valence-electron chi connectivity index (χ1n) is 7.54. The number of carboxylic acid groups (broad SMARTS) is 1. The van der Waals surface area contributed by atoms with Gasteiger partial charge in [-0.1, -0.05) is 12.1 Å². The normalized spacial score (nSPS) is 11.4. The summed E-state index contributed by atoms with van der Waals surface area (Å²) in [6.07, 6.45) is -3.49. The summed E-state index contributed by atoms with van der Waals surface area (Å²) in [5, 5.41) is 12.0. The number of benzene rings is 1. The van der Waals surface area contributed by atoms with E-state index in [1.54, 1.807) is 19.1 Å². The maximum absolute atomic E-state index is 12.5. The number of hydrogen-bond acceptors (Lipinski definition) is 5. The predicted octanol–water partition coefficient (Wildman–Crippen LogP) is 3.34. The molecule has 0 atom stereocenters. The van der Waals surface area contributed by atoms with Crippen molar-refractivity contribution >= 4 is 23.1 Å². The lowest BCUT2D eigenvalue weighted by atomic mass is 10.2. The van der Waals surface area contributed by atoms with Gasteiger partial charge in [0.2, 0.25) is 0 Å². The number of halogens is 3. The lowest BCUT2D eigenvalue weighted by Gasteiger charge is -2.13. The van der Waals surface area contributed by atoms with E-state index in [1.807, 2.05) is 0 Å². The zero-order valence-electron chi connectivity index (χ0n) is 13.7. The van der Waals surface area contributed by atoms with Gasteiger partial charge >= 0.3 is 12.3 Å². The molecule has 0 saturated heterocycles. The number of aromatic carboxylic acids is 1. The van der Waals surface area contributed by atoms with E-state index in [4.69, 9.17) is 0 Å². The van der Waals surface area contributed by atoms with Crippen molar-refractivity contribution in [2.75, 3.05) is 5.32 Å². The minimum Gasteiger partial charge on any atom is -0.477 e. The maximum atomic E-state index is 12.5. The molecular weight excluding hydrogens is 367 g/mol. The van der Waals surface area contributed by atoms with E-state index in [0.29, 0.717) is 5.56 Å². The summed E-state index contributed by atoms with van der Waals surface area (Å²) in [4.78, 5) is 28.2. The third-order valence-electron chi connectivity index (χ3n) is 3.59. The number of rotatable bonds is 4. The lowest BCUT2D eigenvalue weighted by molar-refractivity contribution is -0.274. The third kappa shape index (κ3) is 3.84. The van der Waals surface area contributed by atoms with E-state index in [2.05, 4.69) is 15.0 Å². The van der Waals surface area contributed by atoms with Crippen LogP contribution in [0.2, 0.25) is 0 Å². The number of fused-ring (bicyclic) bond motifs is 1. The monoisotopic (exact) mass is 379 g/mol. The molecule has 0 bridgehead atoms. The standard InChI is InChI=1S/C17H12F3N3O4/c1-9-4-3-7-23-14(9)22-13(12(15(23)24)16(25)26)21-10-5-2-6-11(8-10)27-17(18,19)20/h2-8,21H,1H3,(H,25,26). The van der Waals surface area contributed by atoms with Crippen molar-refractivity contribution < 1.29 is 27.8 Å².